The van der Waals surface area contributed by atoms with E-state index in [1.54, 1.807) is 12.1 Å². The van der Waals surface area contributed by atoms with Crippen molar-refractivity contribution in [2.24, 2.45) is 0 Å². The Labute approximate surface area is 85.9 Å². The van der Waals surface area contributed by atoms with Gasteiger partial charge in [-0.15, -0.1) is 12.6 Å². The highest BCUT2D eigenvalue weighted by atomic mass is 127. The van der Waals surface area contributed by atoms with Gasteiger partial charge >= 0.3 is 0 Å². The Morgan fingerprint density at radius 3 is 2.60 bits per heavy atom. The van der Waals surface area contributed by atoms with Crippen molar-refractivity contribution >= 4 is 51.1 Å². The molecule has 1 aromatic rings. The van der Waals surface area contributed by atoms with Gasteiger partial charge in [0.2, 0.25) is 0 Å². The first-order valence-corrected chi connectivity index (χ1v) is 4.76. The number of hydrogen-bond donors (Lipinski definition) is 1. The van der Waals surface area contributed by atoms with Crippen LogP contribution in [0.5, 0.6) is 0 Å². The van der Waals surface area contributed by atoms with E-state index in [-0.39, 0.29) is 5.82 Å². The van der Waals surface area contributed by atoms with Crippen LogP contribution in [0.1, 0.15) is 0 Å². The third kappa shape index (κ3) is 1.85. The van der Waals surface area contributed by atoms with Crippen LogP contribution in [0, 0.1) is 9.39 Å². The Morgan fingerprint density at radius 1 is 1.50 bits per heavy atom. The number of rotatable bonds is 0. The maximum Gasteiger partial charge on any atom is 0.150 e. The topological polar surface area (TPSA) is 0 Å². The van der Waals surface area contributed by atoms with Gasteiger partial charge in [0.15, 0.2) is 5.82 Å². The normalized spacial score (nSPS) is 10.0. The van der Waals surface area contributed by atoms with Crippen LogP contribution in [0.15, 0.2) is 21.5 Å². The lowest BCUT2D eigenvalue weighted by molar-refractivity contribution is 0.595. The van der Waals surface area contributed by atoms with E-state index < -0.39 is 0 Å². The number of benzene rings is 1. The van der Waals surface area contributed by atoms with Crippen molar-refractivity contribution in [2.75, 3.05) is 0 Å². The predicted octanol–water partition coefficient (Wildman–Crippen LogP) is 3.48. The van der Waals surface area contributed by atoms with Gasteiger partial charge in [-0.3, -0.25) is 0 Å². The minimum atomic E-state index is -0.302. The summed E-state index contributed by atoms with van der Waals surface area (Å²) in [5, 5.41) is 0. The van der Waals surface area contributed by atoms with Crippen molar-refractivity contribution in [2.45, 2.75) is 4.90 Å². The lowest BCUT2D eigenvalue weighted by atomic mass is 10.3. The number of thiol groups is 1. The summed E-state index contributed by atoms with van der Waals surface area (Å²) in [6.07, 6.45) is 0. The highest BCUT2D eigenvalue weighted by Crippen LogP contribution is 2.24. The SMILES string of the molecule is Fc1c(S)cc(I)cc1Br. The molecule has 0 bridgehead atoms. The third-order valence-electron chi connectivity index (χ3n) is 0.974. The minimum Gasteiger partial charge on any atom is -0.205 e. The van der Waals surface area contributed by atoms with Crippen molar-refractivity contribution in [3.63, 3.8) is 0 Å². The van der Waals surface area contributed by atoms with Crippen LogP contribution in [-0.4, -0.2) is 0 Å². The maximum absolute atomic E-state index is 12.8. The van der Waals surface area contributed by atoms with Crippen molar-refractivity contribution in [3.8, 4) is 0 Å². The van der Waals surface area contributed by atoms with Crippen molar-refractivity contribution in [1.29, 1.82) is 0 Å². The monoisotopic (exact) mass is 332 g/mol. The number of halogens is 3. The summed E-state index contributed by atoms with van der Waals surface area (Å²) in [6, 6.07) is 3.37. The summed E-state index contributed by atoms with van der Waals surface area (Å²) < 4.78 is 14.2. The quantitative estimate of drug-likeness (QED) is 0.420. The molecule has 0 N–H and O–H groups in total. The van der Waals surface area contributed by atoms with Crippen molar-refractivity contribution in [1.82, 2.24) is 0 Å². The molecule has 0 unspecified atom stereocenters. The molecule has 0 spiro atoms. The molecule has 0 nitrogen and oxygen atoms in total. The second-order valence-electron chi connectivity index (χ2n) is 1.72. The average molecular weight is 333 g/mol. The summed E-state index contributed by atoms with van der Waals surface area (Å²) in [5.41, 5.74) is 0. The molecule has 10 heavy (non-hydrogen) atoms. The van der Waals surface area contributed by atoms with Gasteiger partial charge in [0.05, 0.1) is 4.47 Å². The lowest BCUT2D eigenvalue weighted by Gasteiger charge is -1.98. The smallest absolute Gasteiger partial charge is 0.150 e. The Morgan fingerprint density at radius 2 is 2.10 bits per heavy atom. The zero-order chi connectivity index (χ0) is 7.72. The maximum atomic E-state index is 12.8. The van der Waals surface area contributed by atoms with E-state index >= 15 is 0 Å². The van der Waals surface area contributed by atoms with Crippen LogP contribution >= 0.6 is 51.1 Å². The first-order valence-electron chi connectivity index (χ1n) is 2.45. The van der Waals surface area contributed by atoms with Gasteiger partial charge in [-0.05, 0) is 50.7 Å². The third-order valence-corrected chi connectivity index (χ3v) is 2.50. The fourth-order valence-electron chi connectivity index (χ4n) is 0.542. The van der Waals surface area contributed by atoms with E-state index in [0.717, 1.165) is 3.57 Å². The summed E-state index contributed by atoms with van der Waals surface area (Å²) in [4.78, 5) is 0.374. The molecule has 0 aliphatic rings. The van der Waals surface area contributed by atoms with Crippen LogP contribution in [0.3, 0.4) is 0 Å². The molecule has 0 aliphatic carbocycles. The Bertz CT molecular complexity index is 241. The van der Waals surface area contributed by atoms with E-state index in [2.05, 4.69) is 51.1 Å². The van der Waals surface area contributed by atoms with Crippen LogP contribution in [0.2, 0.25) is 0 Å². The van der Waals surface area contributed by atoms with E-state index in [9.17, 15) is 4.39 Å². The van der Waals surface area contributed by atoms with E-state index in [1.165, 1.54) is 0 Å². The fraction of sp³-hybridized carbons (Fsp3) is 0. The molecule has 1 rings (SSSR count). The average Bonchev–Trinajstić information content (AvgIpc) is 1.82. The van der Waals surface area contributed by atoms with E-state index in [0.29, 0.717) is 9.37 Å². The fourth-order valence-corrected chi connectivity index (χ4v) is 2.71. The zero-order valence-corrected chi connectivity index (χ0v) is 9.37. The first-order chi connectivity index (χ1) is 4.61. The van der Waals surface area contributed by atoms with Gasteiger partial charge in [-0.1, -0.05) is 0 Å². The second kappa shape index (κ2) is 3.40. The standard InChI is InChI=1S/C6H3BrFIS/c7-4-1-3(9)2-5(10)6(4)8/h1-2,10H. The van der Waals surface area contributed by atoms with E-state index in [4.69, 9.17) is 0 Å². The first kappa shape index (κ1) is 8.80. The van der Waals surface area contributed by atoms with Gasteiger partial charge in [0.1, 0.15) is 0 Å². The molecule has 0 atom stereocenters. The second-order valence-corrected chi connectivity index (χ2v) is 4.30. The van der Waals surface area contributed by atoms with Gasteiger partial charge in [-0.2, -0.15) is 0 Å². The van der Waals surface area contributed by atoms with Crippen LogP contribution in [-0.2, 0) is 0 Å². The Balaban J connectivity index is 3.31. The minimum absolute atomic E-state index is 0.302. The largest absolute Gasteiger partial charge is 0.205 e. The molecule has 1 aromatic carbocycles. The molecule has 0 fully saturated rings. The zero-order valence-electron chi connectivity index (χ0n) is 4.74. The molecule has 0 aliphatic heterocycles. The Kier molecular flexibility index (Phi) is 3.00. The highest BCUT2D eigenvalue weighted by molar-refractivity contribution is 14.1. The molecule has 0 aromatic heterocycles. The van der Waals surface area contributed by atoms with Gasteiger partial charge in [-0.25, -0.2) is 4.39 Å². The molecule has 4 heteroatoms. The molecule has 0 saturated heterocycles. The lowest BCUT2D eigenvalue weighted by Crippen LogP contribution is -1.81. The van der Waals surface area contributed by atoms with Crippen LogP contribution in [0.25, 0.3) is 0 Å². The molecule has 54 valence electrons. The summed E-state index contributed by atoms with van der Waals surface area (Å²) >= 11 is 9.10. The predicted molar refractivity (Wildman–Crippen MR) is 54.1 cm³/mol. The van der Waals surface area contributed by atoms with Gasteiger partial charge in [0, 0.05) is 8.47 Å². The van der Waals surface area contributed by atoms with E-state index in [1.807, 2.05) is 0 Å². The summed E-state index contributed by atoms with van der Waals surface area (Å²) in [5.74, 6) is -0.302. The van der Waals surface area contributed by atoms with Crippen molar-refractivity contribution in [3.05, 3.63) is 26.0 Å². The Hall–Kier alpha value is 0.710. The highest BCUT2D eigenvalue weighted by Gasteiger charge is 2.03. The van der Waals surface area contributed by atoms with Crippen LogP contribution in [0.4, 0.5) is 4.39 Å². The van der Waals surface area contributed by atoms with Crippen molar-refractivity contribution < 1.29 is 4.39 Å². The van der Waals surface area contributed by atoms with Gasteiger partial charge in [0.25, 0.3) is 0 Å². The summed E-state index contributed by atoms with van der Waals surface area (Å²) in [6.45, 7) is 0. The molecule has 0 heterocycles. The summed E-state index contributed by atoms with van der Waals surface area (Å²) in [7, 11) is 0. The van der Waals surface area contributed by atoms with Gasteiger partial charge < -0.3 is 0 Å². The molecular weight excluding hydrogens is 330 g/mol. The molecule has 0 saturated carbocycles. The molecular formula is C6H3BrFIS. The van der Waals surface area contributed by atoms with Crippen LogP contribution < -0.4 is 0 Å². The number of hydrogen-bond acceptors (Lipinski definition) is 1. The molecule has 0 radical (unpaired) electrons. The molecule has 0 amide bonds.